The Morgan fingerprint density at radius 2 is 2.25 bits per heavy atom. The van der Waals surface area contributed by atoms with Crippen LogP contribution in [0.1, 0.15) is 31.7 Å². The first-order valence-electron chi connectivity index (χ1n) is 6.76. The van der Waals surface area contributed by atoms with E-state index in [2.05, 4.69) is 5.16 Å². The molecule has 0 aromatic heterocycles. The molecular formula is C15H16ClNO3. The molecule has 0 N–H and O–H groups in total. The number of carbonyl (C=O) groups is 1. The molecule has 1 saturated carbocycles. The zero-order valence-electron chi connectivity index (χ0n) is 11.3. The van der Waals surface area contributed by atoms with Crippen LogP contribution in [0.15, 0.2) is 29.4 Å². The fourth-order valence-electron chi connectivity index (χ4n) is 2.98. The lowest BCUT2D eigenvalue weighted by Gasteiger charge is -2.24. The minimum Gasteiger partial charge on any atom is -0.458 e. The van der Waals surface area contributed by atoms with Gasteiger partial charge in [-0.05, 0) is 37.5 Å². The van der Waals surface area contributed by atoms with Gasteiger partial charge in [-0.1, -0.05) is 28.9 Å². The second-order valence-electron chi connectivity index (χ2n) is 5.36. The summed E-state index contributed by atoms with van der Waals surface area (Å²) in [4.78, 5) is 17.8. The largest absolute Gasteiger partial charge is 0.458 e. The molecule has 1 aliphatic heterocycles. The number of benzene rings is 1. The molecule has 2 unspecified atom stereocenters. The van der Waals surface area contributed by atoms with E-state index < -0.39 is 5.60 Å². The van der Waals surface area contributed by atoms with E-state index in [1.165, 1.54) is 0 Å². The van der Waals surface area contributed by atoms with Gasteiger partial charge in [-0.15, -0.1) is 0 Å². The number of oxime groups is 1. The van der Waals surface area contributed by atoms with Crippen molar-refractivity contribution in [3.05, 3.63) is 34.9 Å². The zero-order valence-corrected chi connectivity index (χ0v) is 12.0. The Morgan fingerprint density at radius 1 is 1.50 bits per heavy atom. The first-order chi connectivity index (χ1) is 9.62. The first-order valence-corrected chi connectivity index (χ1v) is 7.14. The van der Waals surface area contributed by atoms with Crippen molar-refractivity contribution in [3.8, 4) is 0 Å². The van der Waals surface area contributed by atoms with E-state index in [1.54, 1.807) is 12.1 Å². The maximum absolute atomic E-state index is 12.4. The molecule has 20 heavy (non-hydrogen) atoms. The van der Waals surface area contributed by atoms with Gasteiger partial charge in [0.1, 0.15) is 6.61 Å². The maximum Gasteiger partial charge on any atom is 0.354 e. The van der Waals surface area contributed by atoms with Crippen LogP contribution in [-0.4, -0.2) is 17.3 Å². The van der Waals surface area contributed by atoms with Crippen molar-refractivity contribution >= 4 is 23.3 Å². The van der Waals surface area contributed by atoms with E-state index in [4.69, 9.17) is 21.2 Å². The van der Waals surface area contributed by atoms with Crippen LogP contribution in [-0.2, 0) is 21.0 Å². The monoisotopic (exact) mass is 293 g/mol. The Morgan fingerprint density at radius 3 is 3.00 bits per heavy atom. The van der Waals surface area contributed by atoms with Gasteiger partial charge in [0.25, 0.3) is 0 Å². The van der Waals surface area contributed by atoms with Crippen LogP contribution in [0.4, 0.5) is 0 Å². The van der Waals surface area contributed by atoms with Gasteiger partial charge in [0.2, 0.25) is 5.60 Å². The normalized spacial score (nSPS) is 27.7. The summed E-state index contributed by atoms with van der Waals surface area (Å²) in [6.07, 6.45) is 2.58. The van der Waals surface area contributed by atoms with Crippen LogP contribution < -0.4 is 0 Å². The fourth-order valence-corrected chi connectivity index (χ4v) is 3.11. The van der Waals surface area contributed by atoms with Gasteiger partial charge in [-0.25, -0.2) is 4.79 Å². The zero-order chi connectivity index (χ0) is 14.2. The second-order valence-corrected chi connectivity index (χ2v) is 5.80. The lowest BCUT2D eigenvalue weighted by molar-refractivity contribution is -0.173. The molecule has 0 bridgehead atoms. The summed E-state index contributed by atoms with van der Waals surface area (Å²) in [7, 11) is 0. The number of halogens is 1. The average molecular weight is 294 g/mol. The van der Waals surface area contributed by atoms with E-state index in [0.29, 0.717) is 11.4 Å². The number of nitrogens with zero attached hydrogens (tertiary/aromatic N) is 1. The number of ether oxygens (including phenoxy) is 1. The van der Waals surface area contributed by atoms with Crippen molar-refractivity contribution in [2.45, 2.75) is 38.4 Å². The summed E-state index contributed by atoms with van der Waals surface area (Å²) in [6.45, 7) is 2.14. The molecule has 0 spiro atoms. The second kappa shape index (κ2) is 5.09. The maximum atomic E-state index is 12.4. The highest BCUT2D eigenvalue weighted by atomic mass is 35.5. The molecule has 4 nitrogen and oxygen atoms in total. The van der Waals surface area contributed by atoms with Crippen LogP contribution in [0.25, 0.3) is 0 Å². The molecule has 2 aliphatic rings. The van der Waals surface area contributed by atoms with E-state index in [9.17, 15) is 4.79 Å². The number of hydrogen-bond donors (Lipinski definition) is 0. The summed E-state index contributed by atoms with van der Waals surface area (Å²) >= 11 is 5.82. The van der Waals surface area contributed by atoms with Crippen molar-refractivity contribution in [3.63, 3.8) is 0 Å². The summed E-state index contributed by atoms with van der Waals surface area (Å²) in [5.41, 5.74) is 0.923. The number of esters is 1. The van der Waals surface area contributed by atoms with Crippen LogP contribution in [0.5, 0.6) is 0 Å². The predicted molar refractivity (Wildman–Crippen MR) is 75.5 cm³/mol. The minimum absolute atomic E-state index is 0.0696. The summed E-state index contributed by atoms with van der Waals surface area (Å²) in [5.74, 6) is -0.240. The first kappa shape index (κ1) is 13.4. The van der Waals surface area contributed by atoms with E-state index in [0.717, 1.165) is 24.1 Å². The molecule has 0 amide bonds. The standard InChI is InChI=1S/C15H16ClNO3/c1-10-13-3-2-8-15(13,20-17-10)14(18)19-9-11-4-6-12(16)7-5-11/h4-7,13H,2-3,8-9H2,1H3. The highest BCUT2D eigenvalue weighted by molar-refractivity contribution is 6.30. The molecule has 1 aliphatic carbocycles. The number of hydrogen-bond acceptors (Lipinski definition) is 4. The quantitative estimate of drug-likeness (QED) is 0.803. The van der Waals surface area contributed by atoms with Crippen molar-refractivity contribution in [2.24, 2.45) is 11.1 Å². The highest BCUT2D eigenvalue weighted by Gasteiger charge is 2.57. The summed E-state index contributed by atoms with van der Waals surface area (Å²) in [6, 6.07) is 7.24. The third kappa shape index (κ3) is 2.18. The minimum atomic E-state index is -0.878. The molecular weight excluding hydrogens is 278 g/mol. The van der Waals surface area contributed by atoms with Gasteiger partial charge in [0.15, 0.2) is 0 Å². The smallest absolute Gasteiger partial charge is 0.354 e. The van der Waals surface area contributed by atoms with Gasteiger partial charge >= 0.3 is 5.97 Å². The molecule has 1 heterocycles. The number of fused-ring (bicyclic) bond motifs is 1. The Hall–Kier alpha value is -1.55. The molecule has 1 aromatic rings. The van der Waals surface area contributed by atoms with Gasteiger partial charge in [0, 0.05) is 11.4 Å². The van der Waals surface area contributed by atoms with E-state index in [-0.39, 0.29) is 18.5 Å². The van der Waals surface area contributed by atoms with Crippen molar-refractivity contribution in [1.82, 2.24) is 0 Å². The average Bonchev–Trinajstić information content (AvgIpc) is 3.00. The highest BCUT2D eigenvalue weighted by Crippen LogP contribution is 2.44. The van der Waals surface area contributed by atoms with Gasteiger partial charge < -0.3 is 9.57 Å². The van der Waals surface area contributed by atoms with Crippen molar-refractivity contribution < 1.29 is 14.4 Å². The third-order valence-electron chi connectivity index (χ3n) is 4.09. The molecule has 2 atom stereocenters. The molecule has 1 aromatic carbocycles. The number of carbonyl (C=O) groups excluding carboxylic acids is 1. The van der Waals surface area contributed by atoms with E-state index >= 15 is 0 Å². The lowest BCUT2D eigenvalue weighted by atomic mass is 9.88. The third-order valence-corrected chi connectivity index (χ3v) is 4.34. The Labute approximate surface area is 122 Å². The van der Waals surface area contributed by atoms with Crippen molar-refractivity contribution in [2.75, 3.05) is 0 Å². The summed E-state index contributed by atoms with van der Waals surface area (Å²) < 4.78 is 5.42. The molecule has 0 saturated heterocycles. The number of rotatable bonds is 3. The Balaban J connectivity index is 1.66. The molecule has 0 radical (unpaired) electrons. The lowest BCUT2D eigenvalue weighted by Crippen LogP contribution is -2.43. The molecule has 1 fully saturated rings. The van der Waals surface area contributed by atoms with Crippen LogP contribution in [0.2, 0.25) is 5.02 Å². The topological polar surface area (TPSA) is 47.9 Å². The van der Waals surface area contributed by atoms with Crippen LogP contribution in [0, 0.1) is 5.92 Å². The molecule has 3 rings (SSSR count). The fraction of sp³-hybridized carbons (Fsp3) is 0.467. The molecule has 106 valence electrons. The predicted octanol–water partition coefficient (Wildman–Crippen LogP) is 3.33. The summed E-state index contributed by atoms with van der Waals surface area (Å²) in [5, 5.41) is 4.64. The van der Waals surface area contributed by atoms with Crippen LogP contribution in [0.3, 0.4) is 0 Å². The van der Waals surface area contributed by atoms with Gasteiger partial charge in [0.05, 0.1) is 11.6 Å². The Bertz CT molecular complexity index is 555. The van der Waals surface area contributed by atoms with Crippen LogP contribution >= 0.6 is 11.6 Å². The molecule has 5 heteroatoms. The van der Waals surface area contributed by atoms with E-state index in [1.807, 2.05) is 19.1 Å². The van der Waals surface area contributed by atoms with Gasteiger partial charge in [-0.2, -0.15) is 0 Å². The SMILES string of the molecule is CC1=NOC2(C(=O)OCc3ccc(Cl)cc3)CCCC12. The Kier molecular flexibility index (Phi) is 3.42. The van der Waals surface area contributed by atoms with Crippen molar-refractivity contribution in [1.29, 1.82) is 0 Å². The van der Waals surface area contributed by atoms with Gasteiger partial charge in [-0.3, -0.25) is 0 Å².